The second-order valence-corrected chi connectivity index (χ2v) is 5.59. The number of fused-ring (bicyclic) bond motifs is 1. The number of rotatable bonds is 5. The summed E-state index contributed by atoms with van der Waals surface area (Å²) < 4.78 is 0.968. The Balaban J connectivity index is 2.18. The van der Waals surface area contributed by atoms with Crippen LogP contribution < -0.4 is 0 Å². The Labute approximate surface area is 111 Å². The summed E-state index contributed by atoms with van der Waals surface area (Å²) in [5.74, 6) is 0. The second kappa shape index (κ2) is 5.80. The molecule has 17 heavy (non-hydrogen) atoms. The Kier molecular flexibility index (Phi) is 4.37. The molecule has 1 N–H and O–H groups in total. The van der Waals surface area contributed by atoms with Crippen molar-refractivity contribution in [1.82, 2.24) is 4.90 Å². The maximum atomic E-state index is 9.17. The van der Waals surface area contributed by atoms with Gasteiger partial charge in [-0.05, 0) is 24.0 Å². The number of halogens is 1. The van der Waals surface area contributed by atoms with Gasteiger partial charge in [0.05, 0.1) is 6.61 Å². The van der Waals surface area contributed by atoms with Gasteiger partial charge in [-0.1, -0.05) is 46.8 Å². The Morgan fingerprint density at radius 2 is 2.24 bits per heavy atom. The monoisotopic (exact) mass is 295 g/mol. The number of aliphatic hydroxyl groups excluding tert-OH is 1. The first-order chi connectivity index (χ1) is 8.22. The maximum absolute atomic E-state index is 9.17. The third kappa shape index (κ3) is 2.97. The third-order valence-electron chi connectivity index (χ3n) is 3.30. The predicted octanol–water partition coefficient (Wildman–Crippen LogP) is 2.88. The Bertz CT molecular complexity index is 405. The van der Waals surface area contributed by atoms with Crippen molar-refractivity contribution in [3.05, 3.63) is 46.5 Å². The molecule has 0 fully saturated rings. The second-order valence-electron chi connectivity index (χ2n) is 4.46. The van der Waals surface area contributed by atoms with Gasteiger partial charge in [-0.25, -0.2) is 0 Å². The van der Waals surface area contributed by atoms with Crippen LogP contribution in [0.3, 0.4) is 0 Å². The number of aliphatic hydroxyl groups is 1. The average molecular weight is 296 g/mol. The molecule has 0 saturated carbocycles. The summed E-state index contributed by atoms with van der Waals surface area (Å²) in [5.41, 5.74) is 2.86. The average Bonchev–Trinajstić information content (AvgIpc) is 2.71. The van der Waals surface area contributed by atoms with E-state index in [2.05, 4.69) is 51.7 Å². The molecule has 1 aliphatic carbocycles. The minimum Gasteiger partial charge on any atom is -0.395 e. The molecule has 0 aliphatic heterocycles. The molecule has 1 aromatic carbocycles. The summed E-state index contributed by atoms with van der Waals surface area (Å²) in [4.78, 5) is 2.29. The molecule has 0 spiro atoms. The summed E-state index contributed by atoms with van der Waals surface area (Å²) in [6.45, 7) is 5.58. The Morgan fingerprint density at radius 1 is 1.47 bits per heavy atom. The van der Waals surface area contributed by atoms with E-state index in [0.717, 1.165) is 23.9 Å². The van der Waals surface area contributed by atoms with Gasteiger partial charge < -0.3 is 5.11 Å². The van der Waals surface area contributed by atoms with Gasteiger partial charge in [0.2, 0.25) is 0 Å². The minimum atomic E-state index is 0.193. The molecular weight excluding hydrogens is 278 g/mol. The molecule has 0 bridgehead atoms. The van der Waals surface area contributed by atoms with Crippen LogP contribution in [0.15, 0.2) is 35.3 Å². The van der Waals surface area contributed by atoms with Gasteiger partial charge in [0.15, 0.2) is 0 Å². The summed E-state index contributed by atoms with van der Waals surface area (Å²) in [7, 11) is 0. The molecule has 0 amide bonds. The van der Waals surface area contributed by atoms with Gasteiger partial charge in [-0.2, -0.15) is 0 Å². The van der Waals surface area contributed by atoms with Crippen molar-refractivity contribution >= 4 is 15.9 Å². The van der Waals surface area contributed by atoms with Gasteiger partial charge in [-0.15, -0.1) is 0 Å². The van der Waals surface area contributed by atoms with Crippen LogP contribution in [0.1, 0.15) is 23.6 Å². The summed E-state index contributed by atoms with van der Waals surface area (Å²) >= 11 is 3.41. The molecule has 1 unspecified atom stereocenters. The molecular formula is C14H18BrNO. The number of benzene rings is 1. The van der Waals surface area contributed by atoms with E-state index in [1.807, 2.05) is 0 Å². The molecule has 1 atom stereocenters. The van der Waals surface area contributed by atoms with Gasteiger partial charge in [-0.3, -0.25) is 4.90 Å². The van der Waals surface area contributed by atoms with Gasteiger partial charge in [0.1, 0.15) is 0 Å². The van der Waals surface area contributed by atoms with E-state index in [9.17, 15) is 5.11 Å². The zero-order valence-electron chi connectivity index (χ0n) is 9.90. The fourth-order valence-corrected chi connectivity index (χ4v) is 2.93. The third-order valence-corrected chi connectivity index (χ3v) is 3.55. The van der Waals surface area contributed by atoms with Crippen molar-refractivity contribution in [2.75, 3.05) is 19.7 Å². The lowest BCUT2D eigenvalue weighted by molar-refractivity contribution is 0.163. The van der Waals surface area contributed by atoms with Crippen molar-refractivity contribution in [3.8, 4) is 0 Å². The molecule has 1 aromatic rings. The fraction of sp³-hybridized carbons (Fsp3) is 0.429. The normalized spacial score (nSPS) is 18.4. The summed E-state index contributed by atoms with van der Waals surface area (Å²) in [6, 6.07) is 9.02. The quantitative estimate of drug-likeness (QED) is 0.903. The standard InChI is InChI=1S/C14H18BrNO/c1-11(15)10-16(8-9-17)14-7-6-12-4-2-3-5-13(12)14/h2-5,14,17H,1,6-10H2. The zero-order valence-corrected chi connectivity index (χ0v) is 11.5. The lowest BCUT2D eigenvalue weighted by Crippen LogP contribution is -2.31. The first kappa shape index (κ1) is 12.8. The SMILES string of the molecule is C=C(Br)CN(CCO)C1CCc2ccccc21. The van der Waals surface area contributed by atoms with Crippen molar-refractivity contribution < 1.29 is 5.11 Å². The molecule has 2 rings (SSSR count). The van der Waals surface area contributed by atoms with Crippen LogP contribution in [0.2, 0.25) is 0 Å². The zero-order chi connectivity index (χ0) is 12.3. The molecule has 2 nitrogen and oxygen atoms in total. The molecule has 1 aliphatic rings. The Hall–Kier alpha value is -0.640. The van der Waals surface area contributed by atoms with Gasteiger partial charge in [0.25, 0.3) is 0 Å². The number of aryl methyl sites for hydroxylation is 1. The number of hydrogen-bond acceptors (Lipinski definition) is 2. The van der Waals surface area contributed by atoms with E-state index in [1.165, 1.54) is 11.1 Å². The summed E-state index contributed by atoms with van der Waals surface area (Å²) in [5, 5.41) is 9.17. The summed E-state index contributed by atoms with van der Waals surface area (Å²) in [6.07, 6.45) is 2.27. The molecule has 92 valence electrons. The highest BCUT2D eigenvalue weighted by molar-refractivity contribution is 9.11. The molecule has 0 aromatic heterocycles. The van der Waals surface area contributed by atoms with E-state index in [4.69, 9.17) is 0 Å². The number of hydrogen-bond donors (Lipinski definition) is 1. The van der Waals surface area contributed by atoms with E-state index < -0.39 is 0 Å². The lowest BCUT2D eigenvalue weighted by atomic mass is 10.1. The van der Waals surface area contributed by atoms with Crippen LogP contribution in [-0.2, 0) is 6.42 Å². The van der Waals surface area contributed by atoms with Crippen LogP contribution in [0, 0.1) is 0 Å². The van der Waals surface area contributed by atoms with E-state index in [-0.39, 0.29) is 6.61 Å². The van der Waals surface area contributed by atoms with Crippen LogP contribution >= 0.6 is 15.9 Å². The van der Waals surface area contributed by atoms with Crippen LogP contribution in [0.25, 0.3) is 0 Å². The molecule has 0 saturated heterocycles. The smallest absolute Gasteiger partial charge is 0.0558 e. The van der Waals surface area contributed by atoms with Crippen molar-refractivity contribution in [2.45, 2.75) is 18.9 Å². The van der Waals surface area contributed by atoms with E-state index in [1.54, 1.807) is 0 Å². The van der Waals surface area contributed by atoms with Crippen LogP contribution in [0.4, 0.5) is 0 Å². The molecule has 3 heteroatoms. The molecule has 0 radical (unpaired) electrons. The Morgan fingerprint density at radius 3 is 2.94 bits per heavy atom. The number of nitrogens with zero attached hydrogens (tertiary/aromatic N) is 1. The largest absolute Gasteiger partial charge is 0.395 e. The van der Waals surface area contributed by atoms with Crippen molar-refractivity contribution in [2.24, 2.45) is 0 Å². The highest BCUT2D eigenvalue weighted by atomic mass is 79.9. The minimum absolute atomic E-state index is 0.193. The van der Waals surface area contributed by atoms with Crippen molar-refractivity contribution in [1.29, 1.82) is 0 Å². The molecule has 0 heterocycles. The first-order valence-corrected chi connectivity index (χ1v) is 6.77. The predicted molar refractivity (Wildman–Crippen MR) is 74.2 cm³/mol. The fourth-order valence-electron chi connectivity index (χ4n) is 2.61. The highest BCUT2D eigenvalue weighted by Gasteiger charge is 2.27. The van der Waals surface area contributed by atoms with Gasteiger partial charge in [0, 0.05) is 23.6 Å². The lowest BCUT2D eigenvalue weighted by Gasteiger charge is -2.28. The first-order valence-electron chi connectivity index (χ1n) is 5.98. The topological polar surface area (TPSA) is 23.5 Å². The maximum Gasteiger partial charge on any atom is 0.0558 e. The van der Waals surface area contributed by atoms with Gasteiger partial charge >= 0.3 is 0 Å². The van der Waals surface area contributed by atoms with Crippen molar-refractivity contribution in [3.63, 3.8) is 0 Å². The van der Waals surface area contributed by atoms with Crippen LogP contribution in [0.5, 0.6) is 0 Å². The van der Waals surface area contributed by atoms with E-state index >= 15 is 0 Å². The van der Waals surface area contributed by atoms with E-state index in [0.29, 0.717) is 12.6 Å². The highest BCUT2D eigenvalue weighted by Crippen LogP contribution is 2.35. The van der Waals surface area contributed by atoms with Crippen LogP contribution in [-0.4, -0.2) is 29.7 Å².